The zero-order valence-corrected chi connectivity index (χ0v) is 15.1. The first-order valence-corrected chi connectivity index (χ1v) is 8.68. The lowest BCUT2D eigenvalue weighted by Gasteiger charge is -2.06. The second kappa shape index (κ2) is 6.67. The van der Waals surface area contributed by atoms with Crippen molar-refractivity contribution in [3.63, 3.8) is 0 Å². The molecule has 0 amide bonds. The van der Waals surface area contributed by atoms with Gasteiger partial charge in [0, 0.05) is 4.88 Å². The van der Waals surface area contributed by atoms with Crippen LogP contribution in [0.15, 0.2) is 36.4 Å². The Balaban J connectivity index is 2.03. The number of halogens is 3. The van der Waals surface area contributed by atoms with Gasteiger partial charge in [-0.2, -0.15) is 0 Å². The summed E-state index contributed by atoms with van der Waals surface area (Å²) in [5, 5.41) is 19.4. The number of hydrogen-bond donors (Lipinski definition) is 2. The maximum Gasteiger partial charge on any atom is 0.207 e. The molecule has 1 aromatic heterocycles. The molecular formula is C18H11Cl2FO3S. The van der Waals surface area contributed by atoms with Crippen molar-refractivity contribution in [1.82, 2.24) is 0 Å². The van der Waals surface area contributed by atoms with E-state index in [0.29, 0.717) is 5.56 Å². The Bertz CT molecular complexity index is 975. The van der Waals surface area contributed by atoms with E-state index in [1.165, 1.54) is 6.07 Å². The van der Waals surface area contributed by atoms with Gasteiger partial charge in [0.1, 0.15) is 5.75 Å². The highest BCUT2D eigenvalue weighted by atomic mass is 35.5. The lowest BCUT2D eigenvalue weighted by molar-refractivity contribution is 0.103. The van der Waals surface area contributed by atoms with Crippen molar-refractivity contribution in [2.75, 3.05) is 0 Å². The molecule has 0 aliphatic rings. The Morgan fingerprint density at radius 2 is 1.80 bits per heavy atom. The van der Waals surface area contributed by atoms with Crippen molar-refractivity contribution in [2.45, 2.75) is 6.92 Å². The molecule has 0 saturated carbocycles. The van der Waals surface area contributed by atoms with Crippen LogP contribution in [0.4, 0.5) is 4.39 Å². The monoisotopic (exact) mass is 396 g/mol. The van der Waals surface area contributed by atoms with Crippen molar-refractivity contribution in [3.05, 3.63) is 68.3 Å². The minimum absolute atomic E-state index is 0.00638. The summed E-state index contributed by atoms with van der Waals surface area (Å²) in [5.74, 6) is -2.29. The minimum Gasteiger partial charge on any atom is -0.506 e. The molecule has 25 heavy (non-hydrogen) atoms. The summed E-state index contributed by atoms with van der Waals surface area (Å²) in [6.07, 6.45) is 0. The molecule has 7 heteroatoms. The minimum atomic E-state index is -1.05. The van der Waals surface area contributed by atoms with Crippen LogP contribution in [0.25, 0.3) is 10.4 Å². The van der Waals surface area contributed by atoms with Crippen LogP contribution in [0.2, 0.25) is 10.0 Å². The van der Waals surface area contributed by atoms with E-state index in [0.717, 1.165) is 27.8 Å². The first-order chi connectivity index (χ1) is 11.8. The first-order valence-electron chi connectivity index (χ1n) is 7.10. The topological polar surface area (TPSA) is 57.5 Å². The van der Waals surface area contributed by atoms with E-state index in [4.69, 9.17) is 23.2 Å². The molecule has 2 N–H and O–H groups in total. The third-order valence-electron chi connectivity index (χ3n) is 3.67. The summed E-state index contributed by atoms with van der Waals surface area (Å²) in [4.78, 5) is 13.6. The Morgan fingerprint density at radius 1 is 1.08 bits per heavy atom. The summed E-state index contributed by atoms with van der Waals surface area (Å²) < 4.78 is 14.1. The number of benzene rings is 2. The molecule has 3 nitrogen and oxygen atoms in total. The maximum absolute atomic E-state index is 14.1. The van der Waals surface area contributed by atoms with Gasteiger partial charge in [-0.05, 0) is 54.4 Å². The van der Waals surface area contributed by atoms with Crippen LogP contribution in [0.1, 0.15) is 20.8 Å². The molecule has 0 aliphatic heterocycles. The van der Waals surface area contributed by atoms with Crippen LogP contribution in [0.5, 0.6) is 11.5 Å². The second-order valence-corrected chi connectivity index (χ2v) is 7.27. The lowest BCUT2D eigenvalue weighted by atomic mass is 10.1. The van der Waals surface area contributed by atoms with Crippen molar-refractivity contribution < 1.29 is 19.4 Å². The predicted molar refractivity (Wildman–Crippen MR) is 97.7 cm³/mol. The molecule has 3 rings (SSSR count). The van der Waals surface area contributed by atoms with Crippen molar-refractivity contribution in [2.24, 2.45) is 0 Å². The quantitative estimate of drug-likeness (QED) is 0.549. The van der Waals surface area contributed by atoms with Gasteiger partial charge in [-0.25, -0.2) is 4.39 Å². The van der Waals surface area contributed by atoms with Crippen molar-refractivity contribution in [1.29, 1.82) is 0 Å². The third-order valence-corrected chi connectivity index (χ3v) is 5.40. The van der Waals surface area contributed by atoms with E-state index in [1.807, 2.05) is 0 Å². The summed E-state index contributed by atoms with van der Waals surface area (Å²) in [5.41, 5.74) is 0.965. The van der Waals surface area contributed by atoms with Gasteiger partial charge in [0.15, 0.2) is 11.6 Å². The summed E-state index contributed by atoms with van der Waals surface area (Å²) in [6.45, 7) is 1.71. The van der Waals surface area contributed by atoms with E-state index in [9.17, 15) is 19.4 Å². The molecular weight excluding hydrogens is 386 g/mol. The Morgan fingerprint density at radius 3 is 2.48 bits per heavy atom. The van der Waals surface area contributed by atoms with E-state index in [-0.39, 0.29) is 26.2 Å². The predicted octanol–water partition coefficient (Wildman–Crippen LogP) is 5.81. The van der Waals surface area contributed by atoms with Gasteiger partial charge < -0.3 is 10.2 Å². The molecule has 0 atom stereocenters. The van der Waals surface area contributed by atoms with Crippen LogP contribution in [-0.4, -0.2) is 16.0 Å². The number of phenols is 2. The molecule has 0 unspecified atom stereocenters. The van der Waals surface area contributed by atoms with Crippen LogP contribution in [0.3, 0.4) is 0 Å². The molecule has 0 spiro atoms. The zero-order valence-electron chi connectivity index (χ0n) is 12.8. The maximum atomic E-state index is 14.1. The smallest absolute Gasteiger partial charge is 0.207 e. The van der Waals surface area contributed by atoms with Crippen LogP contribution >= 0.6 is 34.5 Å². The molecule has 1 heterocycles. The molecule has 0 saturated heterocycles. The van der Waals surface area contributed by atoms with Crippen LogP contribution in [0, 0.1) is 12.7 Å². The third kappa shape index (κ3) is 3.23. The fourth-order valence-corrected chi connectivity index (χ4v) is 3.80. The molecule has 0 bridgehead atoms. The summed E-state index contributed by atoms with van der Waals surface area (Å²) >= 11 is 13.0. The van der Waals surface area contributed by atoms with E-state index in [1.54, 1.807) is 31.2 Å². The highest BCUT2D eigenvalue weighted by Crippen LogP contribution is 2.37. The molecule has 0 radical (unpaired) electrons. The summed E-state index contributed by atoms with van der Waals surface area (Å²) in [7, 11) is 0. The van der Waals surface area contributed by atoms with Crippen LogP contribution < -0.4 is 0 Å². The number of phenolic OH excluding ortho intramolecular Hbond substituents is 2. The van der Waals surface area contributed by atoms with Gasteiger partial charge in [-0.1, -0.05) is 23.2 Å². The van der Waals surface area contributed by atoms with Gasteiger partial charge >= 0.3 is 0 Å². The number of hydrogen-bond acceptors (Lipinski definition) is 4. The molecule has 0 fully saturated rings. The van der Waals surface area contributed by atoms with E-state index < -0.39 is 17.3 Å². The normalized spacial score (nSPS) is 10.9. The standard InChI is InChI=1S/C18H11Cl2FO3S/c1-8-6-9(7-11(20)17(8)23)13-4-5-14(25-13)18(24)15-10(19)2-3-12(22)16(15)21/h2-7,22-23H,1H3. The molecule has 3 aromatic rings. The number of carbonyl (C=O) groups excluding carboxylic acids is 1. The van der Waals surface area contributed by atoms with Gasteiger partial charge in [0.2, 0.25) is 5.78 Å². The number of aromatic hydroxyl groups is 2. The highest BCUT2D eigenvalue weighted by molar-refractivity contribution is 7.17. The second-order valence-electron chi connectivity index (χ2n) is 5.37. The van der Waals surface area contributed by atoms with Gasteiger partial charge in [-0.3, -0.25) is 4.79 Å². The zero-order chi connectivity index (χ0) is 18.3. The largest absolute Gasteiger partial charge is 0.506 e. The number of thiophene rings is 1. The molecule has 0 aliphatic carbocycles. The first kappa shape index (κ1) is 17.7. The SMILES string of the molecule is Cc1cc(-c2ccc(C(=O)c3c(Cl)ccc(O)c3F)s2)cc(Cl)c1O. The van der Waals surface area contributed by atoms with Crippen molar-refractivity contribution in [3.8, 4) is 21.9 Å². The fourth-order valence-electron chi connectivity index (χ4n) is 2.37. The number of rotatable bonds is 3. The Labute approximate surface area is 156 Å². The van der Waals surface area contributed by atoms with E-state index >= 15 is 0 Å². The van der Waals surface area contributed by atoms with E-state index in [2.05, 4.69) is 0 Å². The number of aryl methyl sites for hydroxylation is 1. The Hall–Kier alpha value is -2.08. The highest BCUT2D eigenvalue weighted by Gasteiger charge is 2.22. The summed E-state index contributed by atoms with van der Waals surface area (Å²) in [6, 6.07) is 8.95. The average Bonchev–Trinajstić information content (AvgIpc) is 3.06. The van der Waals surface area contributed by atoms with Gasteiger partial charge in [0.25, 0.3) is 0 Å². The van der Waals surface area contributed by atoms with Gasteiger partial charge in [-0.15, -0.1) is 11.3 Å². The molecule has 128 valence electrons. The lowest BCUT2D eigenvalue weighted by Crippen LogP contribution is -2.03. The average molecular weight is 397 g/mol. The Kier molecular flexibility index (Phi) is 4.73. The van der Waals surface area contributed by atoms with Crippen molar-refractivity contribution >= 4 is 40.3 Å². The molecule has 2 aromatic carbocycles. The number of carbonyl (C=O) groups is 1. The van der Waals surface area contributed by atoms with Gasteiger partial charge in [0.05, 0.1) is 20.5 Å². The fraction of sp³-hybridized carbons (Fsp3) is 0.0556. The van der Waals surface area contributed by atoms with Crippen LogP contribution in [-0.2, 0) is 0 Å². The number of ketones is 1.